The van der Waals surface area contributed by atoms with E-state index in [-0.39, 0.29) is 11.7 Å². The lowest BCUT2D eigenvalue weighted by molar-refractivity contribution is 0.0999. The molecule has 1 heterocycles. The molecule has 2 N–H and O–H groups in total. The molecule has 0 aromatic heterocycles. The van der Waals surface area contributed by atoms with E-state index in [9.17, 15) is 13.2 Å². The summed E-state index contributed by atoms with van der Waals surface area (Å²) in [5.74, 6) is 0.453. The van der Waals surface area contributed by atoms with E-state index in [1.807, 2.05) is 19.1 Å². The number of piperidine rings is 1. The van der Waals surface area contributed by atoms with Crippen LogP contribution in [0.1, 0.15) is 54.1 Å². The second-order valence-corrected chi connectivity index (χ2v) is 8.57. The van der Waals surface area contributed by atoms with Crippen LogP contribution < -0.4 is 5.73 Å². The Morgan fingerprint density at radius 3 is 2.48 bits per heavy atom. The van der Waals surface area contributed by atoms with Crippen molar-refractivity contribution in [1.29, 1.82) is 0 Å². The summed E-state index contributed by atoms with van der Waals surface area (Å²) in [7, 11) is -3.09. The van der Waals surface area contributed by atoms with Gasteiger partial charge in [0.1, 0.15) is 0 Å². The molecule has 0 spiro atoms. The first-order chi connectivity index (χ1) is 10.8. The number of nitrogens with two attached hydrogens (primary N) is 1. The molecule has 1 aliphatic rings. The van der Waals surface area contributed by atoms with Gasteiger partial charge in [0, 0.05) is 18.7 Å². The molecule has 0 aliphatic carbocycles. The lowest BCUT2D eigenvalue weighted by Crippen LogP contribution is -2.40. The van der Waals surface area contributed by atoms with Gasteiger partial charge in [-0.1, -0.05) is 19.1 Å². The minimum Gasteiger partial charge on any atom is -0.366 e. The van der Waals surface area contributed by atoms with Crippen molar-refractivity contribution in [2.24, 2.45) is 11.7 Å². The Kier molecular flexibility index (Phi) is 5.47. The van der Waals surface area contributed by atoms with E-state index in [2.05, 4.69) is 6.92 Å². The summed E-state index contributed by atoms with van der Waals surface area (Å²) in [6, 6.07) is 5.67. The molecule has 1 atom stereocenters. The minimum absolute atomic E-state index is 0.160. The van der Waals surface area contributed by atoms with Crippen LogP contribution in [0.25, 0.3) is 0 Å². The van der Waals surface area contributed by atoms with Crippen LogP contribution >= 0.6 is 0 Å². The Labute approximate surface area is 138 Å². The minimum atomic E-state index is -3.09. The third-order valence-corrected chi connectivity index (χ3v) is 6.98. The molecule has 23 heavy (non-hydrogen) atoms. The Balaban J connectivity index is 2.13. The first-order valence-corrected chi connectivity index (χ1v) is 9.76. The van der Waals surface area contributed by atoms with Crippen LogP contribution in [0.15, 0.2) is 18.2 Å². The predicted octanol–water partition coefficient (Wildman–Crippen LogP) is 2.26. The van der Waals surface area contributed by atoms with Crippen LogP contribution in [-0.2, 0) is 10.0 Å². The molecule has 1 saturated heterocycles. The normalized spacial score (nSPS) is 18.7. The fraction of sp³-hybridized carbons (Fsp3) is 0.588. The molecular weight excluding hydrogens is 312 g/mol. The Hall–Kier alpha value is -1.40. The van der Waals surface area contributed by atoms with Crippen molar-refractivity contribution < 1.29 is 13.2 Å². The van der Waals surface area contributed by atoms with E-state index in [4.69, 9.17) is 5.73 Å². The van der Waals surface area contributed by atoms with Crippen molar-refractivity contribution >= 4 is 15.9 Å². The fourth-order valence-electron chi connectivity index (χ4n) is 3.50. The zero-order chi connectivity index (χ0) is 17.2. The van der Waals surface area contributed by atoms with Crippen molar-refractivity contribution in [3.8, 4) is 0 Å². The van der Waals surface area contributed by atoms with E-state index in [1.165, 1.54) is 0 Å². The number of carbonyl (C=O) groups is 1. The van der Waals surface area contributed by atoms with Gasteiger partial charge in [0.25, 0.3) is 0 Å². The second-order valence-electron chi connectivity index (χ2n) is 6.31. The van der Waals surface area contributed by atoms with Crippen LogP contribution in [0.2, 0.25) is 0 Å². The van der Waals surface area contributed by atoms with Gasteiger partial charge in [0.05, 0.1) is 5.75 Å². The van der Waals surface area contributed by atoms with Gasteiger partial charge in [0.15, 0.2) is 0 Å². The van der Waals surface area contributed by atoms with Gasteiger partial charge in [0.2, 0.25) is 15.9 Å². The Morgan fingerprint density at radius 2 is 1.96 bits per heavy atom. The summed E-state index contributed by atoms with van der Waals surface area (Å²) >= 11 is 0. The third kappa shape index (κ3) is 3.75. The zero-order valence-corrected chi connectivity index (χ0v) is 14.9. The van der Waals surface area contributed by atoms with Gasteiger partial charge in [-0.15, -0.1) is 0 Å². The monoisotopic (exact) mass is 338 g/mol. The summed E-state index contributed by atoms with van der Waals surface area (Å²) in [6.07, 6.45) is 1.70. The van der Waals surface area contributed by atoms with E-state index in [1.54, 1.807) is 17.3 Å². The molecule has 1 aromatic rings. The van der Waals surface area contributed by atoms with Crippen LogP contribution in [0, 0.1) is 12.8 Å². The second kappa shape index (κ2) is 7.01. The highest BCUT2D eigenvalue weighted by molar-refractivity contribution is 7.89. The van der Waals surface area contributed by atoms with Crippen LogP contribution in [-0.4, -0.2) is 37.5 Å². The number of carbonyl (C=O) groups excluding carboxylic acids is 1. The third-order valence-electron chi connectivity index (χ3n) is 5.10. The summed E-state index contributed by atoms with van der Waals surface area (Å²) in [5.41, 5.74) is 8.08. The van der Waals surface area contributed by atoms with Crippen molar-refractivity contribution in [2.45, 2.75) is 39.5 Å². The number of primary amides is 1. The molecule has 1 amide bonds. The largest absolute Gasteiger partial charge is 0.366 e. The van der Waals surface area contributed by atoms with Gasteiger partial charge in [-0.2, -0.15) is 0 Å². The maximum Gasteiger partial charge on any atom is 0.248 e. The van der Waals surface area contributed by atoms with Crippen LogP contribution in [0.5, 0.6) is 0 Å². The molecule has 1 fully saturated rings. The SMILES string of the molecule is CCS(=O)(=O)N1CCC(C(C)c2cccc(C(N)=O)c2C)CC1. The van der Waals surface area contributed by atoms with Gasteiger partial charge in [-0.05, 0) is 55.7 Å². The maximum atomic E-state index is 11.9. The van der Waals surface area contributed by atoms with Gasteiger partial charge < -0.3 is 5.73 Å². The summed E-state index contributed by atoms with van der Waals surface area (Å²) in [6.45, 7) is 6.94. The maximum absolute atomic E-state index is 11.9. The summed E-state index contributed by atoms with van der Waals surface area (Å²) < 4.78 is 25.5. The topological polar surface area (TPSA) is 80.5 Å². The highest BCUT2D eigenvalue weighted by Crippen LogP contribution is 2.35. The smallest absolute Gasteiger partial charge is 0.248 e. The number of rotatable bonds is 5. The predicted molar refractivity (Wildman–Crippen MR) is 91.9 cm³/mol. The number of nitrogens with zero attached hydrogens (tertiary/aromatic N) is 1. The van der Waals surface area contributed by atoms with Gasteiger partial charge in [-0.3, -0.25) is 4.79 Å². The standard InChI is InChI=1S/C17H26N2O3S/c1-4-23(21,22)19-10-8-14(9-11-19)12(2)15-6-5-7-16(13(15)3)17(18)20/h5-7,12,14H,4,8-11H2,1-3H3,(H2,18,20). The molecule has 6 heteroatoms. The highest BCUT2D eigenvalue weighted by atomic mass is 32.2. The highest BCUT2D eigenvalue weighted by Gasteiger charge is 2.30. The van der Waals surface area contributed by atoms with E-state index >= 15 is 0 Å². The van der Waals surface area contributed by atoms with E-state index in [0.29, 0.717) is 24.6 Å². The van der Waals surface area contributed by atoms with E-state index < -0.39 is 15.9 Å². The summed E-state index contributed by atoms with van der Waals surface area (Å²) in [4.78, 5) is 11.5. The average molecular weight is 338 g/mol. The van der Waals surface area contributed by atoms with Crippen molar-refractivity contribution in [1.82, 2.24) is 4.31 Å². The lowest BCUT2D eigenvalue weighted by atomic mass is 9.79. The molecule has 0 radical (unpaired) electrons. The Morgan fingerprint density at radius 1 is 1.35 bits per heavy atom. The molecule has 0 bridgehead atoms. The van der Waals surface area contributed by atoms with E-state index in [0.717, 1.165) is 24.0 Å². The van der Waals surface area contributed by atoms with Gasteiger partial charge in [-0.25, -0.2) is 12.7 Å². The average Bonchev–Trinajstić information content (AvgIpc) is 2.54. The number of hydrogen-bond acceptors (Lipinski definition) is 3. The number of hydrogen-bond donors (Lipinski definition) is 1. The Bertz CT molecular complexity index is 677. The molecule has 1 unspecified atom stereocenters. The zero-order valence-electron chi connectivity index (χ0n) is 14.1. The van der Waals surface area contributed by atoms with Crippen LogP contribution in [0.3, 0.4) is 0 Å². The number of benzene rings is 1. The lowest BCUT2D eigenvalue weighted by Gasteiger charge is -2.34. The van der Waals surface area contributed by atoms with Crippen LogP contribution in [0.4, 0.5) is 0 Å². The molecule has 2 rings (SSSR count). The molecule has 1 aliphatic heterocycles. The number of amides is 1. The summed E-state index contributed by atoms with van der Waals surface area (Å²) in [5, 5.41) is 0. The number of sulfonamides is 1. The fourth-order valence-corrected chi connectivity index (χ4v) is 4.64. The molecule has 1 aromatic carbocycles. The quantitative estimate of drug-likeness (QED) is 0.894. The molecule has 5 nitrogen and oxygen atoms in total. The molecule has 128 valence electrons. The van der Waals surface area contributed by atoms with Crippen molar-refractivity contribution in [2.75, 3.05) is 18.8 Å². The van der Waals surface area contributed by atoms with Crippen molar-refractivity contribution in [3.63, 3.8) is 0 Å². The van der Waals surface area contributed by atoms with Crippen molar-refractivity contribution in [3.05, 3.63) is 34.9 Å². The molecule has 0 saturated carbocycles. The first-order valence-electron chi connectivity index (χ1n) is 8.15. The van der Waals surface area contributed by atoms with Gasteiger partial charge >= 0.3 is 0 Å². The first kappa shape index (κ1) is 17.9. The molecular formula is C17H26N2O3S.